The molecule has 0 aliphatic rings. The van der Waals surface area contributed by atoms with Gasteiger partial charge in [-0.25, -0.2) is 0 Å². The highest BCUT2D eigenvalue weighted by molar-refractivity contribution is 5.48. The molecular weight excluding hydrogens is 272 g/mol. The van der Waals surface area contributed by atoms with Crippen LogP contribution in [0.3, 0.4) is 0 Å². The molecule has 0 saturated carbocycles. The zero-order valence-electron chi connectivity index (χ0n) is 13.2. The van der Waals surface area contributed by atoms with E-state index in [9.17, 15) is 0 Å². The summed E-state index contributed by atoms with van der Waals surface area (Å²) in [4.78, 5) is 0. The SMILES string of the molecule is C=Cc1ccc(OC(CCCC)OCc2ccccc2)cc1. The monoisotopic (exact) mass is 296 g/mol. The first-order chi connectivity index (χ1) is 10.8. The second kappa shape index (κ2) is 9.06. The predicted molar refractivity (Wildman–Crippen MR) is 91.7 cm³/mol. The molecule has 0 bridgehead atoms. The Morgan fingerprint density at radius 3 is 2.41 bits per heavy atom. The van der Waals surface area contributed by atoms with Crippen molar-refractivity contribution in [2.75, 3.05) is 0 Å². The Morgan fingerprint density at radius 2 is 1.77 bits per heavy atom. The summed E-state index contributed by atoms with van der Waals surface area (Å²) in [6.45, 7) is 6.50. The number of hydrogen-bond donors (Lipinski definition) is 0. The topological polar surface area (TPSA) is 18.5 Å². The molecule has 1 unspecified atom stereocenters. The van der Waals surface area contributed by atoms with Crippen molar-refractivity contribution < 1.29 is 9.47 Å². The van der Waals surface area contributed by atoms with Gasteiger partial charge in [-0.3, -0.25) is 0 Å². The average Bonchev–Trinajstić information content (AvgIpc) is 2.59. The summed E-state index contributed by atoms with van der Waals surface area (Å²) in [5.74, 6) is 0.833. The van der Waals surface area contributed by atoms with Crippen LogP contribution in [0.15, 0.2) is 61.2 Å². The summed E-state index contributed by atoms with van der Waals surface area (Å²) >= 11 is 0. The maximum absolute atomic E-state index is 5.98. The normalized spacial score (nSPS) is 11.9. The van der Waals surface area contributed by atoms with Crippen molar-refractivity contribution in [2.24, 2.45) is 0 Å². The molecule has 2 heteroatoms. The van der Waals surface area contributed by atoms with Gasteiger partial charge in [0.15, 0.2) is 6.29 Å². The lowest BCUT2D eigenvalue weighted by Gasteiger charge is -2.19. The largest absolute Gasteiger partial charge is 0.465 e. The smallest absolute Gasteiger partial charge is 0.200 e. The summed E-state index contributed by atoms with van der Waals surface area (Å²) in [5, 5.41) is 0. The van der Waals surface area contributed by atoms with Crippen LogP contribution in [0.4, 0.5) is 0 Å². The Labute approximate surface area is 133 Å². The first kappa shape index (κ1) is 16.3. The van der Waals surface area contributed by atoms with Gasteiger partial charge in [0.05, 0.1) is 6.61 Å². The van der Waals surface area contributed by atoms with Gasteiger partial charge in [-0.2, -0.15) is 0 Å². The van der Waals surface area contributed by atoms with Gasteiger partial charge in [-0.05, 0) is 29.7 Å². The van der Waals surface area contributed by atoms with E-state index in [1.54, 1.807) is 0 Å². The summed E-state index contributed by atoms with van der Waals surface area (Å²) in [7, 11) is 0. The maximum atomic E-state index is 5.98. The highest BCUT2D eigenvalue weighted by Gasteiger charge is 2.11. The lowest BCUT2D eigenvalue weighted by molar-refractivity contribution is -0.0943. The van der Waals surface area contributed by atoms with Gasteiger partial charge >= 0.3 is 0 Å². The Hall–Kier alpha value is -2.06. The molecule has 0 saturated heterocycles. The molecule has 0 aliphatic heterocycles. The van der Waals surface area contributed by atoms with E-state index in [2.05, 4.69) is 25.6 Å². The lowest BCUT2D eigenvalue weighted by atomic mass is 10.2. The van der Waals surface area contributed by atoms with Crippen molar-refractivity contribution >= 4 is 6.08 Å². The van der Waals surface area contributed by atoms with Crippen LogP contribution < -0.4 is 4.74 Å². The van der Waals surface area contributed by atoms with Crippen molar-refractivity contribution in [3.8, 4) is 5.75 Å². The van der Waals surface area contributed by atoms with Gasteiger partial charge in [0.25, 0.3) is 0 Å². The molecule has 0 spiro atoms. The van der Waals surface area contributed by atoms with Gasteiger partial charge in [0.1, 0.15) is 5.75 Å². The summed E-state index contributed by atoms with van der Waals surface area (Å²) in [6.07, 6.45) is 4.72. The molecule has 0 aromatic heterocycles. The van der Waals surface area contributed by atoms with Crippen molar-refractivity contribution in [2.45, 2.75) is 39.1 Å². The van der Waals surface area contributed by atoms with E-state index in [1.807, 2.05) is 48.5 Å². The van der Waals surface area contributed by atoms with E-state index in [4.69, 9.17) is 9.47 Å². The molecule has 0 N–H and O–H groups in total. The Bertz CT molecular complexity index is 546. The van der Waals surface area contributed by atoms with Gasteiger partial charge < -0.3 is 9.47 Å². The highest BCUT2D eigenvalue weighted by atomic mass is 16.7. The fraction of sp³-hybridized carbons (Fsp3) is 0.300. The maximum Gasteiger partial charge on any atom is 0.200 e. The number of hydrogen-bond acceptors (Lipinski definition) is 2. The first-order valence-corrected chi connectivity index (χ1v) is 7.86. The molecule has 2 aromatic rings. The highest BCUT2D eigenvalue weighted by Crippen LogP contribution is 2.18. The molecule has 0 radical (unpaired) electrons. The summed E-state index contributed by atoms with van der Waals surface area (Å²) in [6, 6.07) is 18.1. The molecular formula is C20H24O2. The zero-order chi connectivity index (χ0) is 15.6. The number of ether oxygens (including phenoxy) is 2. The molecule has 0 amide bonds. The minimum absolute atomic E-state index is 0.213. The zero-order valence-corrected chi connectivity index (χ0v) is 13.2. The summed E-state index contributed by atoms with van der Waals surface area (Å²) in [5.41, 5.74) is 2.25. The van der Waals surface area contributed by atoms with Crippen LogP contribution in [0.1, 0.15) is 37.3 Å². The van der Waals surface area contributed by atoms with Gasteiger partial charge in [-0.15, -0.1) is 0 Å². The molecule has 2 nitrogen and oxygen atoms in total. The Morgan fingerprint density at radius 1 is 1.05 bits per heavy atom. The van der Waals surface area contributed by atoms with E-state index in [0.717, 1.165) is 36.1 Å². The quantitative estimate of drug-likeness (QED) is 0.573. The minimum Gasteiger partial charge on any atom is -0.465 e. The van der Waals surface area contributed by atoms with Gasteiger partial charge in [-0.1, -0.05) is 68.5 Å². The lowest BCUT2D eigenvalue weighted by Crippen LogP contribution is -2.20. The van der Waals surface area contributed by atoms with Crippen LogP contribution in [0.2, 0.25) is 0 Å². The fourth-order valence-electron chi connectivity index (χ4n) is 2.14. The fourth-order valence-corrected chi connectivity index (χ4v) is 2.14. The van der Waals surface area contributed by atoms with Gasteiger partial charge in [0, 0.05) is 6.42 Å². The molecule has 2 aromatic carbocycles. The van der Waals surface area contributed by atoms with Crippen molar-refractivity contribution in [3.05, 3.63) is 72.3 Å². The third-order valence-electron chi connectivity index (χ3n) is 3.46. The van der Waals surface area contributed by atoms with E-state index >= 15 is 0 Å². The van der Waals surface area contributed by atoms with E-state index in [-0.39, 0.29) is 6.29 Å². The molecule has 0 fully saturated rings. The molecule has 0 aliphatic carbocycles. The Kier molecular flexibility index (Phi) is 6.72. The molecule has 2 rings (SSSR count). The third kappa shape index (κ3) is 5.38. The third-order valence-corrected chi connectivity index (χ3v) is 3.46. The van der Waals surface area contributed by atoms with Crippen LogP contribution in [0.5, 0.6) is 5.75 Å². The van der Waals surface area contributed by atoms with E-state index < -0.39 is 0 Å². The standard InChI is InChI=1S/C20H24O2/c1-3-5-11-20(21-16-18-9-7-6-8-10-18)22-19-14-12-17(4-2)13-15-19/h4,6-10,12-15,20H,2-3,5,11,16H2,1H3. The number of rotatable bonds is 9. The van der Waals surface area contributed by atoms with Crippen LogP contribution >= 0.6 is 0 Å². The second-order valence-corrected chi connectivity index (χ2v) is 5.26. The van der Waals surface area contributed by atoms with Crippen LogP contribution in [0, 0.1) is 0 Å². The van der Waals surface area contributed by atoms with E-state index in [0.29, 0.717) is 6.61 Å². The number of unbranched alkanes of at least 4 members (excludes halogenated alkanes) is 1. The molecule has 0 heterocycles. The molecule has 1 atom stereocenters. The van der Waals surface area contributed by atoms with Crippen molar-refractivity contribution in [1.82, 2.24) is 0 Å². The van der Waals surface area contributed by atoms with Crippen LogP contribution in [-0.4, -0.2) is 6.29 Å². The molecule has 116 valence electrons. The second-order valence-electron chi connectivity index (χ2n) is 5.26. The minimum atomic E-state index is -0.213. The Balaban J connectivity index is 1.93. The van der Waals surface area contributed by atoms with Crippen molar-refractivity contribution in [1.29, 1.82) is 0 Å². The van der Waals surface area contributed by atoms with E-state index in [1.165, 1.54) is 0 Å². The summed E-state index contributed by atoms with van der Waals surface area (Å²) < 4.78 is 11.9. The average molecular weight is 296 g/mol. The molecule has 22 heavy (non-hydrogen) atoms. The van der Waals surface area contributed by atoms with Crippen LogP contribution in [-0.2, 0) is 11.3 Å². The van der Waals surface area contributed by atoms with Crippen LogP contribution in [0.25, 0.3) is 6.08 Å². The van der Waals surface area contributed by atoms with Gasteiger partial charge in [0.2, 0.25) is 0 Å². The number of benzene rings is 2. The van der Waals surface area contributed by atoms with Crippen molar-refractivity contribution in [3.63, 3.8) is 0 Å². The predicted octanol–water partition coefficient (Wildman–Crippen LogP) is 5.44. The first-order valence-electron chi connectivity index (χ1n) is 7.86.